The predicted molar refractivity (Wildman–Crippen MR) is 130 cm³/mol. The first-order chi connectivity index (χ1) is 16.7. The Labute approximate surface area is 196 Å². The average Bonchev–Trinajstić information content (AvgIpc) is 3.52. The maximum atomic E-state index is 13.3. The highest BCUT2D eigenvalue weighted by atomic mass is 16.1. The van der Waals surface area contributed by atoms with E-state index in [1.54, 1.807) is 18.6 Å². The molecule has 168 valence electrons. The van der Waals surface area contributed by atoms with Crippen LogP contribution in [0, 0.1) is 6.92 Å². The number of aryl methyl sites for hydroxylation is 1. The van der Waals surface area contributed by atoms with E-state index in [-0.39, 0.29) is 11.9 Å². The smallest absolute Gasteiger partial charge is 0.259 e. The van der Waals surface area contributed by atoms with Gasteiger partial charge in [-0.3, -0.25) is 4.79 Å². The molecule has 4 aromatic heterocycles. The SMILES string of the molecule is Cc1cccn2nc([C@H]3c4nc[nH]c4CCN3c3ncccc3C(=O)Nc3ccccc3)cc12. The number of anilines is 2. The van der Waals surface area contributed by atoms with Crippen LogP contribution in [0.15, 0.2) is 79.4 Å². The minimum absolute atomic E-state index is 0.202. The summed E-state index contributed by atoms with van der Waals surface area (Å²) in [6.07, 6.45) is 6.17. The molecule has 2 N–H and O–H groups in total. The van der Waals surface area contributed by atoms with Crippen LogP contribution in [0.1, 0.15) is 39.0 Å². The molecule has 8 heteroatoms. The van der Waals surface area contributed by atoms with E-state index in [1.165, 1.54) is 0 Å². The monoisotopic (exact) mass is 449 g/mol. The molecule has 0 saturated heterocycles. The molecule has 0 unspecified atom stereocenters. The molecule has 0 bridgehead atoms. The average molecular weight is 450 g/mol. The van der Waals surface area contributed by atoms with E-state index in [2.05, 4.69) is 44.2 Å². The molecular weight excluding hydrogens is 426 g/mol. The van der Waals surface area contributed by atoms with Crippen molar-refractivity contribution in [2.75, 3.05) is 16.8 Å². The zero-order valence-electron chi connectivity index (χ0n) is 18.6. The van der Waals surface area contributed by atoms with Crippen molar-refractivity contribution in [2.45, 2.75) is 19.4 Å². The largest absolute Gasteiger partial charge is 0.348 e. The van der Waals surface area contributed by atoms with Crippen LogP contribution >= 0.6 is 0 Å². The van der Waals surface area contributed by atoms with Crippen LogP contribution in [0.4, 0.5) is 11.5 Å². The third-order valence-electron chi connectivity index (χ3n) is 6.27. The summed E-state index contributed by atoms with van der Waals surface area (Å²) in [4.78, 5) is 28.0. The lowest BCUT2D eigenvalue weighted by Crippen LogP contribution is -2.38. The first-order valence-electron chi connectivity index (χ1n) is 11.2. The van der Waals surface area contributed by atoms with Crippen LogP contribution in [-0.2, 0) is 6.42 Å². The van der Waals surface area contributed by atoms with Gasteiger partial charge in [0.15, 0.2) is 0 Å². The van der Waals surface area contributed by atoms with Gasteiger partial charge in [-0.1, -0.05) is 24.3 Å². The standard InChI is InChI=1S/C26H23N7O/c1-17-7-6-13-33-22(17)15-21(31-33)24-23-20(28-16-29-23)11-14-32(24)25-19(10-5-12-27-25)26(34)30-18-8-3-2-4-9-18/h2-10,12-13,15-16,24H,11,14H2,1H3,(H,28,29)(H,30,34)/t24-/m0/s1. The Morgan fingerprint density at radius 2 is 1.97 bits per heavy atom. The lowest BCUT2D eigenvalue weighted by atomic mass is 9.98. The molecule has 0 fully saturated rings. The second-order valence-electron chi connectivity index (χ2n) is 8.40. The Bertz CT molecular complexity index is 1490. The molecule has 0 radical (unpaired) electrons. The van der Waals surface area contributed by atoms with E-state index in [9.17, 15) is 4.79 Å². The molecule has 0 spiro atoms. The summed E-state index contributed by atoms with van der Waals surface area (Å²) in [6, 6.07) is 18.9. The van der Waals surface area contributed by atoms with Crippen molar-refractivity contribution in [3.63, 3.8) is 0 Å². The van der Waals surface area contributed by atoms with Crippen LogP contribution in [0.2, 0.25) is 0 Å². The fourth-order valence-corrected chi connectivity index (χ4v) is 4.64. The number of imidazole rings is 1. The number of carbonyl (C=O) groups excluding carboxylic acids is 1. The Hall–Kier alpha value is -4.46. The van der Waals surface area contributed by atoms with Gasteiger partial charge in [0.05, 0.1) is 28.8 Å². The lowest BCUT2D eigenvalue weighted by molar-refractivity contribution is 0.102. The van der Waals surface area contributed by atoms with Gasteiger partial charge in [-0.2, -0.15) is 5.10 Å². The zero-order valence-corrected chi connectivity index (χ0v) is 18.6. The molecule has 0 aliphatic carbocycles. The Balaban J connectivity index is 1.45. The summed E-state index contributed by atoms with van der Waals surface area (Å²) in [5.41, 5.74) is 6.30. The fourth-order valence-electron chi connectivity index (χ4n) is 4.64. The van der Waals surface area contributed by atoms with Crippen LogP contribution in [0.3, 0.4) is 0 Å². The molecule has 6 rings (SSSR count). The summed E-state index contributed by atoms with van der Waals surface area (Å²) < 4.78 is 1.89. The molecule has 8 nitrogen and oxygen atoms in total. The number of hydrogen-bond donors (Lipinski definition) is 2. The van der Waals surface area contributed by atoms with E-state index in [1.807, 2.05) is 53.2 Å². The molecule has 1 amide bonds. The van der Waals surface area contributed by atoms with Crippen LogP contribution in [0.25, 0.3) is 5.52 Å². The first kappa shape index (κ1) is 20.2. The first-order valence-corrected chi connectivity index (χ1v) is 11.2. The molecule has 1 aliphatic heterocycles. The Morgan fingerprint density at radius 1 is 1.09 bits per heavy atom. The number of aromatic nitrogens is 5. The molecule has 1 aromatic carbocycles. The van der Waals surface area contributed by atoms with Gasteiger partial charge in [-0.25, -0.2) is 14.5 Å². The normalized spacial score (nSPS) is 15.3. The van der Waals surface area contributed by atoms with Crippen LogP contribution in [0.5, 0.6) is 0 Å². The van der Waals surface area contributed by atoms with Gasteiger partial charge >= 0.3 is 0 Å². The van der Waals surface area contributed by atoms with E-state index in [4.69, 9.17) is 5.10 Å². The predicted octanol–water partition coefficient (Wildman–Crippen LogP) is 4.17. The van der Waals surface area contributed by atoms with Crippen LogP contribution < -0.4 is 10.2 Å². The van der Waals surface area contributed by atoms with Gasteiger partial charge in [0.25, 0.3) is 5.91 Å². The second-order valence-corrected chi connectivity index (χ2v) is 8.40. The molecule has 5 aromatic rings. The van der Waals surface area contributed by atoms with Crippen molar-refractivity contribution in [1.82, 2.24) is 24.6 Å². The summed E-state index contributed by atoms with van der Waals surface area (Å²) in [5, 5.41) is 7.87. The highest BCUT2D eigenvalue weighted by Crippen LogP contribution is 2.37. The maximum Gasteiger partial charge on any atom is 0.259 e. The number of hydrogen-bond acceptors (Lipinski definition) is 5. The summed E-state index contributed by atoms with van der Waals surface area (Å²) >= 11 is 0. The van der Waals surface area contributed by atoms with Gasteiger partial charge < -0.3 is 15.2 Å². The molecular formula is C26H23N7O. The Morgan fingerprint density at radius 3 is 2.82 bits per heavy atom. The number of benzene rings is 1. The van der Waals surface area contributed by atoms with Gasteiger partial charge in [-0.05, 0) is 48.9 Å². The maximum absolute atomic E-state index is 13.3. The van der Waals surface area contributed by atoms with Gasteiger partial charge in [0, 0.05) is 36.7 Å². The molecule has 1 atom stereocenters. The molecule has 34 heavy (non-hydrogen) atoms. The van der Waals surface area contributed by atoms with Crippen molar-refractivity contribution in [3.8, 4) is 0 Å². The van der Waals surface area contributed by atoms with Crippen molar-refractivity contribution in [3.05, 3.63) is 108 Å². The molecule has 1 aliphatic rings. The third-order valence-corrected chi connectivity index (χ3v) is 6.27. The number of H-pyrrole nitrogens is 1. The van der Waals surface area contributed by atoms with Gasteiger partial charge in [0.1, 0.15) is 11.9 Å². The van der Waals surface area contributed by atoms with E-state index in [0.717, 1.165) is 40.3 Å². The number of para-hydroxylation sites is 1. The van der Waals surface area contributed by atoms with Gasteiger partial charge in [-0.15, -0.1) is 0 Å². The lowest BCUT2D eigenvalue weighted by Gasteiger charge is -2.35. The minimum Gasteiger partial charge on any atom is -0.348 e. The number of nitrogens with one attached hydrogen (secondary N) is 2. The number of aromatic amines is 1. The van der Waals surface area contributed by atoms with E-state index in [0.29, 0.717) is 17.9 Å². The van der Waals surface area contributed by atoms with Crippen LogP contribution in [-0.4, -0.2) is 37.0 Å². The number of fused-ring (bicyclic) bond motifs is 2. The topological polar surface area (TPSA) is 91.2 Å². The van der Waals surface area contributed by atoms with E-state index < -0.39 is 0 Å². The molecule has 0 saturated carbocycles. The third kappa shape index (κ3) is 3.40. The summed E-state index contributed by atoms with van der Waals surface area (Å²) in [5.74, 6) is 0.412. The quantitative estimate of drug-likeness (QED) is 0.430. The Kier molecular flexibility index (Phi) is 4.83. The minimum atomic E-state index is -0.271. The highest BCUT2D eigenvalue weighted by Gasteiger charge is 2.35. The van der Waals surface area contributed by atoms with Crippen molar-refractivity contribution < 1.29 is 4.79 Å². The van der Waals surface area contributed by atoms with Crippen molar-refractivity contribution in [2.24, 2.45) is 0 Å². The summed E-state index contributed by atoms with van der Waals surface area (Å²) in [7, 11) is 0. The van der Waals surface area contributed by atoms with Crippen molar-refractivity contribution in [1.29, 1.82) is 0 Å². The summed E-state index contributed by atoms with van der Waals surface area (Å²) in [6.45, 7) is 2.75. The number of carbonyl (C=O) groups is 1. The fraction of sp³-hybridized carbons (Fsp3) is 0.154. The highest BCUT2D eigenvalue weighted by molar-refractivity contribution is 6.07. The number of amides is 1. The van der Waals surface area contributed by atoms with E-state index >= 15 is 0 Å². The second kappa shape index (κ2) is 8.15. The number of rotatable bonds is 4. The van der Waals surface area contributed by atoms with Crippen molar-refractivity contribution >= 4 is 22.9 Å². The molecule has 5 heterocycles. The number of nitrogens with zero attached hydrogens (tertiary/aromatic N) is 5. The van der Waals surface area contributed by atoms with Gasteiger partial charge in [0.2, 0.25) is 0 Å². The number of pyridine rings is 2. The zero-order chi connectivity index (χ0) is 23.1.